The van der Waals surface area contributed by atoms with Crippen LogP contribution in [0.4, 0.5) is 5.69 Å². The molecule has 2 aliphatic carbocycles. The molecule has 0 amide bonds. The molecule has 1 aromatic heterocycles. The summed E-state index contributed by atoms with van der Waals surface area (Å²) in [5.74, 6) is 2.42. The van der Waals surface area contributed by atoms with Crippen molar-refractivity contribution in [1.82, 2.24) is 15.3 Å². The molecule has 4 nitrogen and oxygen atoms in total. The van der Waals surface area contributed by atoms with Crippen LogP contribution in [0.2, 0.25) is 0 Å². The summed E-state index contributed by atoms with van der Waals surface area (Å²) >= 11 is 0. The minimum Gasteiger partial charge on any atom is -0.366 e. The quantitative estimate of drug-likeness (QED) is 0.925. The lowest BCUT2D eigenvalue weighted by molar-refractivity contribution is 0.433. The van der Waals surface area contributed by atoms with E-state index in [4.69, 9.17) is 9.97 Å². The molecule has 1 aromatic rings. The molecule has 1 aliphatic heterocycles. The Morgan fingerprint density at radius 1 is 0.870 bits per heavy atom. The number of nitrogens with one attached hydrogen (secondary N) is 1. The standard InChI is InChI=1S/C19H30N4/c1-2-6-15(7-3-1)18-17(23-12-10-20-11-13-23)14-21-19(22-18)16-8-4-5-9-16/h14-16,20H,1-13H2. The Labute approximate surface area is 140 Å². The maximum absolute atomic E-state index is 5.18. The summed E-state index contributed by atoms with van der Waals surface area (Å²) in [6.07, 6.45) is 14.2. The molecule has 4 rings (SSSR count). The topological polar surface area (TPSA) is 41.1 Å². The van der Waals surface area contributed by atoms with Gasteiger partial charge in [-0.1, -0.05) is 32.1 Å². The first-order valence-electron chi connectivity index (χ1n) is 9.74. The minimum absolute atomic E-state index is 0.620. The summed E-state index contributed by atoms with van der Waals surface area (Å²) in [5.41, 5.74) is 2.71. The fourth-order valence-corrected chi connectivity index (χ4v) is 4.61. The molecule has 126 valence electrons. The van der Waals surface area contributed by atoms with Crippen LogP contribution in [0.25, 0.3) is 0 Å². The largest absolute Gasteiger partial charge is 0.366 e. The Kier molecular flexibility index (Phi) is 4.79. The molecular formula is C19H30N4. The molecule has 1 N–H and O–H groups in total. The van der Waals surface area contributed by atoms with E-state index >= 15 is 0 Å². The second kappa shape index (κ2) is 7.16. The molecular weight excluding hydrogens is 284 g/mol. The summed E-state index contributed by atoms with van der Waals surface area (Å²) in [6, 6.07) is 0. The normalized spacial score (nSPS) is 24.3. The van der Waals surface area contributed by atoms with E-state index in [1.807, 2.05) is 0 Å². The summed E-state index contributed by atoms with van der Waals surface area (Å²) in [7, 11) is 0. The molecule has 0 atom stereocenters. The van der Waals surface area contributed by atoms with Gasteiger partial charge < -0.3 is 10.2 Å². The Balaban J connectivity index is 1.65. The van der Waals surface area contributed by atoms with Crippen LogP contribution in [0.5, 0.6) is 0 Å². The highest BCUT2D eigenvalue weighted by atomic mass is 15.2. The number of rotatable bonds is 3. The molecule has 1 saturated heterocycles. The van der Waals surface area contributed by atoms with Crippen molar-refractivity contribution in [2.45, 2.75) is 69.6 Å². The molecule has 0 aromatic carbocycles. The van der Waals surface area contributed by atoms with Crippen molar-refractivity contribution in [2.24, 2.45) is 0 Å². The second-order valence-corrected chi connectivity index (χ2v) is 7.55. The van der Waals surface area contributed by atoms with Crippen LogP contribution in [-0.4, -0.2) is 36.1 Å². The van der Waals surface area contributed by atoms with E-state index in [0.29, 0.717) is 11.8 Å². The predicted molar refractivity (Wildman–Crippen MR) is 94.1 cm³/mol. The average Bonchev–Trinajstić information content (AvgIpc) is 3.17. The molecule has 2 saturated carbocycles. The van der Waals surface area contributed by atoms with E-state index in [1.54, 1.807) is 0 Å². The van der Waals surface area contributed by atoms with Gasteiger partial charge in [0.1, 0.15) is 5.82 Å². The number of hydrogen-bond acceptors (Lipinski definition) is 4. The first-order chi connectivity index (χ1) is 11.4. The first-order valence-corrected chi connectivity index (χ1v) is 9.74. The van der Waals surface area contributed by atoms with Crippen LogP contribution in [0.1, 0.15) is 81.1 Å². The van der Waals surface area contributed by atoms with Gasteiger partial charge >= 0.3 is 0 Å². The average molecular weight is 314 g/mol. The highest BCUT2D eigenvalue weighted by Gasteiger charge is 2.27. The number of hydrogen-bond donors (Lipinski definition) is 1. The number of anilines is 1. The lowest BCUT2D eigenvalue weighted by atomic mass is 9.86. The zero-order valence-electron chi connectivity index (χ0n) is 14.3. The Bertz CT molecular complexity index is 512. The van der Waals surface area contributed by atoms with Crippen molar-refractivity contribution in [3.8, 4) is 0 Å². The smallest absolute Gasteiger partial charge is 0.131 e. The van der Waals surface area contributed by atoms with E-state index < -0.39 is 0 Å². The summed E-state index contributed by atoms with van der Waals surface area (Å²) < 4.78 is 0. The molecule has 3 fully saturated rings. The SMILES string of the molecule is c1nc(C2CCCC2)nc(C2CCCCC2)c1N1CCNCC1. The fourth-order valence-electron chi connectivity index (χ4n) is 4.61. The molecule has 23 heavy (non-hydrogen) atoms. The van der Waals surface area contributed by atoms with E-state index in [2.05, 4.69) is 16.4 Å². The maximum atomic E-state index is 5.18. The maximum Gasteiger partial charge on any atom is 0.131 e. The zero-order valence-corrected chi connectivity index (χ0v) is 14.3. The van der Waals surface area contributed by atoms with Gasteiger partial charge in [0.15, 0.2) is 0 Å². The lowest BCUT2D eigenvalue weighted by Crippen LogP contribution is -2.44. The minimum atomic E-state index is 0.620. The van der Waals surface area contributed by atoms with Gasteiger partial charge in [0.05, 0.1) is 17.6 Å². The van der Waals surface area contributed by atoms with Crippen molar-refractivity contribution >= 4 is 5.69 Å². The Morgan fingerprint density at radius 3 is 2.26 bits per heavy atom. The van der Waals surface area contributed by atoms with Gasteiger partial charge in [-0.15, -0.1) is 0 Å². The Morgan fingerprint density at radius 2 is 1.52 bits per heavy atom. The van der Waals surface area contributed by atoms with Crippen molar-refractivity contribution < 1.29 is 0 Å². The van der Waals surface area contributed by atoms with Gasteiger partial charge in [0.25, 0.3) is 0 Å². The highest BCUT2D eigenvalue weighted by molar-refractivity contribution is 5.51. The third-order valence-electron chi connectivity index (χ3n) is 5.99. The van der Waals surface area contributed by atoms with Gasteiger partial charge in [0, 0.05) is 38.0 Å². The number of nitrogens with zero attached hydrogens (tertiary/aromatic N) is 3. The summed E-state index contributed by atoms with van der Waals surface area (Å²) in [5, 5.41) is 3.46. The molecule has 0 bridgehead atoms. The van der Waals surface area contributed by atoms with E-state index in [9.17, 15) is 0 Å². The van der Waals surface area contributed by atoms with Crippen LogP contribution in [0.3, 0.4) is 0 Å². The molecule has 0 spiro atoms. The zero-order chi connectivity index (χ0) is 15.5. The van der Waals surface area contributed by atoms with Crippen LogP contribution in [0, 0.1) is 0 Å². The fraction of sp³-hybridized carbons (Fsp3) is 0.789. The van der Waals surface area contributed by atoms with Gasteiger partial charge in [-0.2, -0.15) is 0 Å². The third-order valence-corrected chi connectivity index (χ3v) is 5.99. The highest BCUT2D eigenvalue weighted by Crippen LogP contribution is 2.39. The van der Waals surface area contributed by atoms with Gasteiger partial charge in [-0.25, -0.2) is 9.97 Å². The molecule has 0 radical (unpaired) electrons. The number of piperazine rings is 1. The molecule has 0 unspecified atom stereocenters. The third kappa shape index (κ3) is 3.37. The lowest BCUT2D eigenvalue weighted by Gasteiger charge is -2.33. The molecule has 4 heteroatoms. The molecule has 2 heterocycles. The predicted octanol–water partition coefficient (Wildman–Crippen LogP) is 3.59. The van der Waals surface area contributed by atoms with Gasteiger partial charge in [-0.3, -0.25) is 0 Å². The van der Waals surface area contributed by atoms with Crippen molar-refractivity contribution in [3.05, 3.63) is 17.7 Å². The Hall–Kier alpha value is -1.16. The van der Waals surface area contributed by atoms with Crippen LogP contribution in [0.15, 0.2) is 6.20 Å². The van der Waals surface area contributed by atoms with E-state index in [-0.39, 0.29) is 0 Å². The number of aromatic nitrogens is 2. The van der Waals surface area contributed by atoms with Crippen LogP contribution >= 0.6 is 0 Å². The van der Waals surface area contributed by atoms with E-state index in [1.165, 1.54) is 69.2 Å². The van der Waals surface area contributed by atoms with Crippen LogP contribution < -0.4 is 10.2 Å². The van der Waals surface area contributed by atoms with Gasteiger partial charge in [-0.05, 0) is 25.7 Å². The van der Waals surface area contributed by atoms with Gasteiger partial charge in [0.2, 0.25) is 0 Å². The van der Waals surface area contributed by atoms with Crippen molar-refractivity contribution in [1.29, 1.82) is 0 Å². The first kappa shape index (κ1) is 15.4. The van der Waals surface area contributed by atoms with Crippen molar-refractivity contribution in [2.75, 3.05) is 31.1 Å². The second-order valence-electron chi connectivity index (χ2n) is 7.55. The summed E-state index contributed by atoms with van der Waals surface area (Å²) in [6.45, 7) is 4.33. The van der Waals surface area contributed by atoms with Crippen LogP contribution in [-0.2, 0) is 0 Å². The van der Waals surface area contributed by atoms with E-state index in [0.717, 1.165) is 32.0 Å². The summed E-state index contributed by atoms with van der Waals surface area (Å²) in [4.78, 5) is 12.5. The molecule has 3 aliphatic rings. The van der Waals surface area contributed by atoms with Crippen molar-refractivity contribution in [3.63, 3.8) is 0 Å². The monoisotopic (exact) mass is 314 g/mol.